The highest BCUT2D eigenvalue weighted by Gasteiger charge is 2.45. The lowest BCUT2D eigenvalue weighted by molar-refractivity contribution is -0.536. The molecule has 0 amide bonds. The SMILES string of the molecule is CC1C=[N+]([C@H]2C[C@@H](C)[C@@H](COP(=O)(O)OP(=O)(O)OP(=O)(O)O)O2)c2ncnc(N)c21. The zero-order valence-electron chi connectivity index (χ0n) is 16.3. The van der Waals surface area contributed by atoms with Gasteiger partial charge in [0.05, 0.1) is 24.5 Å². The molecule has 1 aromatic rings. The number of nitrogens with two attached hydrogens (primary N) is 1. The molecule has 1 aromatic heterocycles. The summed E-state index contributed by atoms with van der Waals surface area (Å²) in [5.41, 5.74) is 6.69. The fourth-order valence-electron chi connectivity index (χ4n) is 3.38. The highest BCUT2D eigenvalue weighted by molar-refractivity contribution is 7.66. The van der Waals surface area contributed by atoms with Crippen molar-refractivity contribution in [1.82, 2.24) is 9.97 Å². The van der Waals surface area contributed by atoms with Gasteiger partial charge in [-0.15, -0.1) is 0 Å². The van der Waals surface area contributed by atoms with Crippen LogP contribution in [-0.2, 0) is 31.6 Å². The number of rotatable bonds is 8. The lowest BCUT2D eigenvalue weighted by Crippen LogP contribution is -2.25. The largest absolute Gasteiger partial charge is 0.490 e. The second-order valence-electron chi connectivity index (χ2n) is 7.07. The molecule has 3 unspecified atom stereocenters. The summed E-state index contributed by atoms with van der Waals surface area (Å²) in [7, 11) is -16.2. The Morgan fingerprint density at radius 2 is 1.84 bits per heavy atom. The zero-order chi connectivity index (χ0) is 23.2. The number of phosphoric acid groups is 3. The molecule has 1 saturated heterocycles. The predicted octanol–water partition coefficient (Wildman–Crippen LogP) is 0.985. The third-order valence-corrected chi connectivity index (χ3v) is 8.45. The van der Waals surface area contributed by atoms with Gasteiger partial charge < -0.3 is 30.0 Å². The van der Waals surface area contributed by atoms with E-state index in [1.54, 1.807) is 11.5 Å². The number of aromatic nitrogens is 2. The van der Waals surface area contributed by atoms with Crippen LogP contribution in [0.4, 0.5) is 11.6 Å². The Morgan fingerprint density at radius 3 is 2.48 bits per heavy atom. The summed E-state index contributed by atoms with van der Waals surface area (Å²) in [5.74, 6) is 0.727. The third-order valence-electron chi connectivity index (χ3n) is 4.65. The van der Waals surface area contributed by atoms with Gasteiger partial charge in [0.1, 0.15) is 5.82 Å². The Morgan fingerprint density at radius 1 is 1.16 bits per heavy atom. The minimum absolute atomic E-state index is 0.0517. The normalized spacial score (nSPS) is 29.8. The first-order valence-electron chi connectivity index (χ1n) is 8.85. The van der Waals surface area contributed by atoms with E-state index in [1.807, 2.05) is 13.1 Å². The van der Waals surface area contributed by atoms with Gasteiger partial charge in [0, 0.05) is 12.3 Å². The highest BCUT2D eigenvalue weighted by Crippen LogP contribution is 2.66. The van der Waals surface area contributed by atoms with E-state index in [0.717, 1.165) is 5.56 Å². The number of hydrogen-bond acceptors (Lipinski definition) is 10. The van der Waals surface area contributed by atoms with Crippen LogP contribution in [0.1, 0.15) is 31.7 Å². The molecule has 1 fully saturated rings. The van der Waals surface area contributed by atoms with Crippen LogP contribution in [0, 0.1) is 5.92 Å². The third kappa shape index (κ3) is 6.04. The first-order valence-corrected chi connectivity index (χ1v) is 13.4. The molecular weight excluding hydrogens is 481 g/mol. The molecule has 2 aliphatic heterocycles. The Bertz CT molecular complexity index is 1030. The Kier molecular flexibility index (Phi) is 6.89. The molecule has 0 saturated carbocycles. The molecule has 15 nitrogen and oxygen atoms in total. The molecule has 0 aromatic carbocycles. The van der Waals surface area contributed by atoms with Crippen molar-refractivity contribution in [1.29, 1.82) is 0 Å². The maximum absolute atomic E-state index is 11.9. The van der Waals surface area contributed by atoms with Gasteiger partial charge in [-0.1, -0.05) is 13.8 Å². The maximum Gasteiger partial charge on any atom is 0.490 e. The van der Waals surface area contributed by atoms with Crippen LogP contribution < -0.4 is 5.73 Å². The summed E-state index contributed by atoms with van der Waals surface area (Å²) in [6.45, 7) is 3.22. The van der Waals surface area contributed by atoms with Gasteiger partial charge in [-0.3, -0.25) is 4.52 Å². The van der Waals surface area contributed by atoms with Gasteiger partial charge >= 0.3 is 29.3 Å². The van der Waals surface area contributed by atoms with Crippen LogP contribution in [0.25, 0.3) is 0 Å². The number of anilines is 1. The van der Waals surface area contributed by atoms with E-state index in [1.165, 1.54) is 6.33 Å². The van der Waals surface area contributed by atoms with Gasteiger partial charge in [-0.25, -0.2) is 18.3 Å². The second kappa shape index (κ2) is 8.69. The van der Waals surface area contributed by atoms with Crippen LogP contribution in [0.15, 0.2) is 6.33 Å². The number of ether oxygens (including phenoxy) is 1. The van der Waals surface area contributed by atoms with Gasteiger partial charge in [0.15, 0.2) is 0 Å². The van der Waals surface area contributed by atoms with E-state index in [0.29, 0.717) is 18.1 Å². The number of hydrogen-bond donors (Lipinski definition) is 5. The summed E-state index contributed by atoms with van der Waals surface area (Å²) in [6, 6.07) is 0. The fraction of sp³-hybridized carbons (Fsp3) is 0.615. The quantitative estimate of drug-likeness (QED) is 0.246. The lowest BCUT2D eigenvalue weighted by Gasteiger charge is -2.19. The summed E-state index contributed by atoms with van der Waals surface area (Å²) in [6.07, 6.45) is 2.51. The van der Waals surface area contributed by atoms with Crippen LogP contribution in [-0.4, -0.2) is 59.3 Å². The van der Waals surface area contributed by atoms with Gasteiger partial charge in [0.25, 0.3) is 0 Å². The Labute approximate surface area is 176 Å². The first-order chi connectivity index (χ1) is 14.2. The average molecular weight is 503 g/mol. The van der Waals surface area contributed by atoms with Crippen molar-refractivity contribution in [2.45, 2.75) is 38.5 Å². The molecule has 3 heterocycles. The van der Waals surface area contributed by atoms with Crippen LogP contribution in [0.3, 0.4) is 0 Å². The molecule has 3 rings (SSSR count). The van der Waals surface area contributed by atoms with E-state index in [9.17, 15) is 23.5 Å². The van der Waals surface area contributed by atoms with E-state index in [-0.39, 0.29) is 11.8 Å². The Hall–Kier alpha value is -1.08. The van der Waals surface area contributed by atoms with Crippen molar-refractivity contribution in [3.8, 4) is 0 Å². The topological polar surface area (TPSA) is 224 Å². The van der Waals surface area contributed by atoms with E-state index in [2.05, 4.69) is 23.1 Å². The molecule has 0 radical (unpaired) electrons. The lowest BCUT2D eigenvalue weighted by atomic mass is 10.0. The van der Waals surface area contributed by atoms with Crippen molar-refractivity contribution in [3.05, 3.63) is 11.9 Å². The van der Waals surface area contributed by atoms with E-state index in [4.69, 9.17) is 20.3 Å². The smallest absolute Gasteiger partial charge is 0.383 e. The molecule has 6 atom stereocenters. The second-order valence-corrected chi connectivity index (χ2v) is 11.5. The van der Waals surface area contributed by atoms with Crippen LogP contribution in [0.5, 0.6) is 0 Å². The average Bonchev–Trinajstić information content (AvgIpc) is 3.11. The summed E-state index contributed by atoms with van der Waals surface area (Å²) >= 11 is 0. The van der Waals surface area contributed by atoms with Crippen molar-refractivity contribution < 1.29 is 55.7 Å². The summed E-state index contributed by atoms with van der Waals surface area (Å²) in [4.78, 5) is 44.1. The number of fused-ring (bicyclic) bond motifs is 1. The van der Waals surface area contributed by atoms with Gasteiger partial charge in [0.2, 0.25) is 12.6 Å². The van der Waals surface area contributed by atoms with Crippen molar-refractivity contribution >= 4 is 41.3 Å². The van der Waals surface area contributed by atoms with E-state index >= 15 is 0 Å². The maximum atomic E-state index is 11.9. The molecule has 174 valence electrons. The Balaban J connectivity index is 1.63. The number of nitrogen functional groups attached to an aromatic ring is 1. The van der Waals surface area contributed by atoms with Crippen molar-refractivity contribution in [2.24, 2.45) is 5.92 Å². The van der Waals surface area contributed by atoms with Gasteiger partial charge in [-0.05, 0) is 10.9 Å². The zero-order valence-corrected chi connectivity index (χ0v) is 19.0. The molecule has 6 N–H and O–H groups in total. The number of nitrogens with zero attached hydrogens (tertiary/aromatic N) is 3. The number of phosphoric ester groups is 1. The molecule has 0 spiro atoms. The molecule has 0 bridgehead atoms. The molecule has 31 heavy (non-hydrogen) atoms. The molecule has 18 heteroatoms. The van der Waals surface area contributed by atoms with Crippen LogP contribution >= 0.6 is 23.5 Å². The van der Waals surface area contributed by atoms with Crippen LogP contribution in [0.2, 0.25) is 0 Å². The van der Waals surface area contributed by atoms with Crippen molar-refractivity contribution in [2.75, 3.05) is 12.3 Å². The standard InChI is InChI=1S/C13H21N4O11P3/c1-7-3-10(17-4-8(2)11-12(14)15-6-16-13(11)17)26-9(7)5-25-30(21,22)28-31(23,24)27-29(18,19)20/h4,6-10H,3,5H2,1-2H3,(H5-,14,15,16,18,19,20,21,22,23,24)/p+1/t7-,8?,9-,10-/m1/s1. The van der Waals surface area contributed by atoms with E-state index < -0.39 is 42.4 Å². The summed E-state index contributed by atoms with van der Waals surface area (Å²) in [5, 5.41) is 0. The highest BCUT2D eigenvalue weighted by atomic mass is 31.3. The first kappa shape index (κ1) is 24.6. The monoisotopic (exact) mass is 503 g/mol. The summed E-state index contributed by atoms with van der Waals surface area (Å²) < 4.78 is 53.7. The molecular formula is C13H22N4O11P3+. The fourth-order valence-corrected chi connectivity index (χ4v) is 6.41. The minimum atomic E-state index is -5.57. The minimum Gasteiger partial charge on any atom is -0.383 e. The predicted molar refractivity (Wildman–Crippen MR) is 103 cm³/mol. The van der Waals surface area contributed by atoms with Crippen molar-refractivity contribution in [3.63, 3.8) is 0 Å². The van der Waals surface area contributed by atoms with Gasteiger partial charge in [-0.2, -0.15) is 13.6 Å². The molecule has 0 aliphatic carbocycles. The molecule has 2 aliphatic rings.